The van der Waals surface area contributed by atoms with Crippen molar-refractivity contribution in [2.45, 2.75) is 87.0 Å². The zero-order valence-corrected chi connectivity index (χ0v) is 24.8. The maximum Gasteiger partial charge on any atom is 0.327 e. The first-order valence-electron chi connectivity index (χ1n) is 15.2. The maximum atomic E-state index is 13.7. The second-order valence-corrected chi connectivity index (χ2v) is 13.4. The first kappa shape index (κ1) is 28.6. The second-order valence-electron chi connectivity index (χ2n) is 13.4. The van der Waals surface area contributed by atoms with E-state index in [0.29, 0.717) is 12.4 Å². The number of nitrogens with one attached hydrogen (secondary N) is 6. The molecule has 5 aliphatic heterocycles. The van der Waals surface area contributed by atoms with Crippen molar-refractivity contribution in [3.63, 3.8) is 0 Å². The van der Waals surface area contributed by atoms with Crippen LogP contribution in [0.5, 0.6) is 5.75 Å². The standard InChI is InChI=1S/C29H39N9O6/c1-27(2)10-11-44-21-16(8-5-9-17(21)27)23(40)33-19-13-38-25(31)32-18(22-28(38,29(19,42)43)35-24(30)34-22)12-37-20(39)14-36(26(37)41)15-6-3-4-7-15/h5,8-9,15,18-19,22,42-43H,3-4,6-7,10-14H2,1-2H3,(H2,31,32)(H,33,40)(H3,30,34,35)/t18-,19-,22-,28-/m0/s1. The van der Waals surface area contributed by atoms with E-state index in [2.05, 4.69) is 35.1 Å². The van der Waals surface area contributed by atoms with Gasteiger partial charge in [0.2, 0.25) is 11.7 Å². The lowest BCUT2D eigenvalue weighted by Crippen LogP contribution is -2.81. The minimum absolute atomic E-state index is 0.0147. The molecular weight excluding hydrogens is 570 g/mol. The fourth-order valence-electron chi connectivity index (χ4n) is 7.95. The average Bonchev–Trinajstić information content (AvgIpc) is 3.72. The number of hydrogen-bond donors (Lipinski definition) is 8. The van der Waals surface area contributed by atoms with E-state index in [4.69, 9.17) is 15.6 Å². The third kappa shape index (κ3) is 3.98. The van der Waals surface area contributed by atoms with Crippen molar-refractivity contribution in [2.24, 2.45) is 0 Å². The van der Waals surface area contributed by atoms with E-state index in [1.165, 1.54) is 4.90 Å². The molecule has 4 atom stereocenters. The summed E-state index contributed by atoms with van der Waals surface area (Å²) >= 11 is 0. The number of nitrogens with zero attached hydrogens (tertiary/aromatic N) is 3. The number of urea groups is 1. The van der Waals surface area contributed by atoms with Gasteiger partial charge in [0.25, 0.3) is 5.91 Å². The van der Waals surface area contributed by atoms with Crippen LogP contribution in [0.2, 0.25) is 0 Å². The van der Waals surface area contributed by atoms with Gasteiger partial charge in [0.05, 0.1) is 30.8 Å². The first-order chi connectivity index (χ1) is 20.8. The fraction of sp³-hybridized carbons (Fsp3) is 0.621. The van der Waals surface area contributed by atoms with E-state index in [1.54, 1.807) is 17.0 Å². The summed E-state index contributed by atoms with van der Waals surface area (Å²) in [5.41, 5.74) is -0.914. The highest BCUT2D eigenvalue weighted by molar-refractivity contribution is 6.02. The van der Waals surface area contributed by atoms with Crippen LogP contribution in [-0.4, -0.2) is 117 Å². The Bertz CT molecular complexity index is 1460. The molecule has 0 bridgehead atoms. The summed E-state index contributed by atoms with van der Waals surface area (Å²) in [7, 11) is 0. The van der Waals surface area contributed by atoms with Gasteiger partial charge in [-0.1, -0.05) is 38.8 Å². The Morgan fingerprint density at radius 1 is 1.16 bits per heavy atom. The van der Waals surface area contributed by atoms with Crippen LogP contribution in [0.25, 0.3) is 0 Å². The number of para-hydroxylation sites is 1. The molecule has 6 aliphatic rings. The van der Waals surface area contributed by atoms with E-state index < -0.39 is 41.5 Å². The molecule has 1 aliphatic carbocycles. The van der Waals surface area contributed by atoms with Crippen molar-refractivity contribution in [1.29, 1.82) is 10.8 Å². The van der Waals surface area contributed by atoms with E-state index in [9.17, 15) is 24.6 Å². The van der Waals surface area contributed by atoms with Gasteiger partial charge < -0.3 is 46.0 Å². The molecule has 0 radical (unpaired) electrons. The third-order valence-corrected chi connectivity index (χ3v) is 10.4. The Morgan fingerprint density at radius 2 is 1.91 bits per heavy atom. The molecule has 15 nitrogen and oxygen atoms in total. The van der Waals surface area contributed by atoms with Crippen LogP contribution in [0, 0.1) is 10.8 Å². The number of imide groups is 1. The molecule has 1 spiro atoms. The molecule has 7 rings (SSSR count). The Morgan fingerprint density at radius 3 is 2.66 bits per heavy atom. The van der Waals surface area contributed by atoms with Gasteiger partial charge in [0.15, 0.2) is 17.6 Å². The zero-order valence-electron chi connectivity index (χ0n) is 24.8. The number of fused-ring (bicyclic) bond motifs is 1. The lowest BCUT2D eigenvalue weighted by molar-refractivity contribution is -0.232. The molecule has 4 saturated heterocycles. The number of benzene rings is 1. The summed E-state index contributed by atoms with van der Waals surface area (Å²) in [6.07, 6.45) is 4.50. The minimum Gasteiger partial charge on any atom is -0.492 e. The highest BCUT2D eigenvalue weighted by Crippen LogP contribution is 2.44. The molecule has 5 heterocycles. The molecule has 5 fully saturated rings. The normalized spacial score (nSPS) is 32.0. The number of carbonyl (C=O) groups is 3. The van der Waals surface area contributed by atoms with Crippen LogP contribution in [0.15, 0.2) is 18.2 Å². The van der Waals surface area contributed by atoms with Crippen molar-refractivity contribution in [3.05, 3.63) is 29.3 Å². The molecule has 4 amide bonds. The van der Waals surface area contributed by atoms with Crippen molar-refractivity contribution in [1.82, 2.24) is 36.0 Å². The molecule has 0 unspecified atom stereocenters. The summed E-state index contributed by atoms with van der Waals surface area (Å²) in [5, 5.41) is 52.4. The van der Waals surface area contributed by atoms with Crippen LogP contribution in [-0.2, 0) is 10.2 Å². The molecular formula is C29H39N9O6. The van der Waals surface area contributed by atoms with Gasteiger partial charge in [-0.3, -0.25) is 25.3 Å². The first-order valence-corrected chi connectivity index (χ1v) is 15.2. The predicted octanol–water partition coefficient (Wildman–Crippen LogP) is -0.853. The molecule has 8 N–H and O–H groups in total. The Labute approximate surface area is 254 Å². The molecule has 1 aromatic carbocycles. The van der Waals surface area contributed by atoms with Gasteiger partial charge in [0.1, 0.15) is 18.3 Å². The van der Waals surface area contributed by atoms with Gasteiger partial charge >= 0.3 is 6.03 Å². The second kappa shape index (κ2) is 9.69. The number of hydrogen-bond acceptors (Lipinski definition) is 8. The van der Waals surface area contributed by atoms with E-state index in [-0.39, 0.29) is 54.5 Å². The quantitative estimate of drug-likeness (QED) is 0.153. The maximum absolute atomic E-state index is 13.7. The molecule has 236 valence electrons. The number of carbonyl (C=O) groups excluding carboxylic acids is 3. The van der Waals surface area contributed by atoms with E-state index in [1.807, 2.05) is 6.07 Å². The lowest BCUT2D eigenvalue weighted by atomic mass is 9.79. The SMILES string of the molecule is CC1(C)CCOc2c(C(=O)N[C@H]3CN4C(=N)N[C@@H](CN5C(=O)CN(C6CCCC6)C5=O)[C@@H]5NC(=N)N[C@@]54C3(O)O)cccc21. The summed E-state index contributed by atoms with van der Waals surface area (Å²) in [4.78, 5) is 44.1. The van der Waals surface area contributed by atoms with Crippen molar-refractivity contribution < 1.29 is 29.3 Å². The summed E-state index contributed by atoms with van der Waals surface area (Å²) in [6, 6.07) is 1.81. The summed E-state index contributed by atoms with van der Waals surface area (Å²) in [5.74, 6) is -3.59. The Balaban J connectivity index is 1.15. The smallest absolute Gasteiger partial charge is 0.327 e. The topological polar surface area (TPSA) is 206 Å². The van der Waals surface area contributed by atoms with Gasteiger partial charge in [-0.05, 0) is 30.7 Å². The van der Waals surface area contributed by atoms with Gasteiger partial charge in [-0.2, -0.15) is 0 Å². The monoisotopic (exact) mass is 609 g/mol. The fourth-order valence-corrected chi connectivity index (χ4v) is 7.95. The van der Waals surface area contributed by atoms with Crippen molar-refractivity contribution in [3.8, 4) is 5.75 Å². The van der Waals surface area contributed by atoms with Gasteiger partial charge in [-0.15, -0.1) is 0 Å². The van der Waals surface area contributed by atoms with Crippen LogP contribution >= 0.6 is 0 Å². The molecule has 1 saturated carbocycles. The number of amides is 4. The summed E-state index contributed by atoms with van der Waals surface area (Å²) in [6.45, 7) is 4.26. The largest absolute Gasteiger partial charge is 0.492 e. The predicted molar refractivity (Wildman–Crippen MR) is 156 cm³/mol. The van der Waals surface area contributed by atoms with Crippen LogP contribution in [0.3, 0.4) is 0 Å². The number of guanidine groups is 2. The number of ether oxygens (including phenoxy) is 1. The van der Waals surface area contributed by atoms with Crippen LogP contribution < -0.4 is 26.0 Å². The highest BCUT2D eigenvalue weighted by atomic mass is 16.5. The number of rotatable bonds is 5. The van der Waals surface area contributed by atoms with Crippen LogP contribution in [0.4, 0.5) is 4.79 Å². The Kier molecular flexibility index (Phi) is 6.31. The van der Waals surface area contributed by atoms with Gasteiger partial charge in [-0.25, -0.2) is 4.79 Å². The average molecular weight is 610 g/mol. The summed E-state index contributed by atoms with van der Waals surface area (Å²) < 4.78 is 5.90. The molecule has 44 heavy (non-hydrogen) atoms. The van der Waals surface area contributed by atoms with Crippen LogP contribution in [0.1, 0.15) is 61.9 Å². The third-order valence-electron chi connectivity index (χ3n) is 10.4. The zero-order chi connectivity index (χ0) is 31.2. The van der Waals surface area contributed by atoms with Crippen molar-refractivity contribution in [2.75, 3.05) is 26.2 Å². The highest BCUT2D eigenvalue weighted by Gasteiger charge is 2.74. The van der Waals surface area contributed by atoms with Gasteiger partial charge in [0, 0.05) is 18.2 Å². The van der Waals surface area contributed by atoms with E-state index in [0.717, 1.165) is 42.6 Å². The lowest BCUT2D eigenvalue weighted by Gasteiger charge is -2.51. The number of aliphatic hydroxyl groups is 2. The van der Waals surface area contributed by atoms with E-state index >= 15 is 0 Å². The molecule has 15 heteroatoms. The van der Waals surface area contributed by atoms with Crippen molar-refractivity contribution >= 4 is 29.8 Å². The minimum atomic E-state index is -2.69. The molecule has 1 aromatic rings. The molecule has 0 aromatic heterocycles. The Hall–Kier alpha value is -4.11.